The summed E-state index contributed by atoms with van der Waals surface area (Å²) in [6, 6.07) is 7.51. The first-order valence-electron chi connectivity index (χ1n) is 5.62. The summed E-state index contributed by atoms with van der Waals surface area (Å²) in [5, 5.41) is 0. The van der Waals surface area contributed by atoms with E-state index in [0.717, 1.165) is 11.3 Å². The molecule has 1 heterocycles. The smallest absolute Gasteiger partial charge is 0.321 e. The van der Waals surface area contributed by atoms with Gasteiger partial charge in [-0.1, -0.05) is 12.1 Å². The van der Waals surface area contributed by atoms with Crippen molar-refractivity contribution in [2.75, 3.05) is 26.9 Å². The Bertz CT molecular complexity index is 392. The van der Waals surface area contributed by atoms with Crippen LogP contribution in [0.3, 0.4) is 0 Å². The van der Waals surface area contributed by atoms with Gasteiger partial charge in [0, 0.05) is 0 Å². The highest BCUT2D eigenvalue weighted by Crippen LogP contribution is 2.34. The van der Waals surface area contributed by atoms with E-state index in [9.17, 15) is 4.79 Å². The molecule has 2 rings (SSSR count). The Kier molecular flexibility index (Phi) is 3.33. The third kappa shape index (κ3) is 2.00. The van der Waals surface area contributed by atoms with Crippen LogP contribution in [-0.4, -0.2) is 32.9 Å². The number of carbonyl (C=O) groups excluding carboxylic acids is 1. The molecule has 1 fully saturated rings. The monoisotopic (exact) mass is 236 g/mol. The van der Waals surface area contributed by atoms with E-state index in [0.29, 0.717) is 19.8 Å². The van der Waals surface area contributed by atoms with Gasteiger partial charge in [0.05, 0.1) is 26.9 Å². The van der Waals surface area contributed by atoms with Crippen LogP contribution in [0.15, 0.2) is 24.3 Å². The van der Waals surface area contributed by atoms with Gasteiger partial charge in [-0.2, -0.15) is 0 Å². The maximum atomic E-state index is 11.8. The third-order valence-corrected chi connectivity index (χ3v) is 2.99. The summed E-state index contributed by atoms with van der Waals surface area (Å²) in [7, 11) is 1.40. The van der Waals surface area contributed by atoms with Crippen molar-refractivity contribution in [3.63, 3.8) is 0 Å². The van der Waals surface area contributed by atoms with Crippen LogP contribution in [0.25, 0.3) is 0 Å². The van der Waals surface area contributed by atoms with Crippen LogP contribution in [0, 0.1) is 0 Å². The molecule has 0 bridgehead atoms. The zero-order valence-electron chi connectivity index (χ0n) is 10.1. The van der Waals surface area contributed by atoms with Crippen molar-refractivity contribution in [2.45, 2.75) is 12.3 Å². The van der Waals surface area contributed by atoms with Crippen molar-refractivity contribution in [3.8, 4) is 5.75 Å². The molecule has 17 heavy (non-hydrogen) atoms. The van der Waals surface area contributed by atoms with E-state index in [1.165, 1.54) is 7.11 Å². The molecular weight excluding hydrogens is 220 g/mol. The molecular formula is C13H16O4. The van der Waals surface area contributed by atoms with E-state index in [-0.39, 0.29) is 5.97 Å². The number of methoxy groups -OCH3 is 1. The first-order chi connectivity index (χ1) is 8.23. The molecule has 1 aliphatic rings. The Morgan fingerprint density at radius 2 is 2.00 bits per heavy atom. The predicted molar refractivity (Wildman–Crippen MR) is 62.1 cm³/mol. The van der Waals surface area contributed by atoms with Gasteiger partial charge in [0.15, 0.2) is 0 Å². The molecule has 4 nitrogen and oxygen atoms in total. The molecule has 1 aromatic carbocycles. The number of rotatable bonds is 4. The summed E-state index contributed by atoms with van der Waals surface area (Å²) in [5.41, 5.74) is 0.290. The topological polar surface area (TPSA) is 44.8 Å². The molecule has 0 saturated carbocycles. The van der Waals surface area contributed by atoms with Crippen molar-refractivity contribution in [3.05, 3.63) is 29.8 Å². The lowest BCUT2D eigenvalue weighted by Gasteiger charge is -2.38. The fourth-order valence-electron chi connectivity index (χ4n) is 1.94. The van der Waals surface area contributed by atoms with Crippen molar-refractivity contribution in [1.29, 1.82) is 0 Å². The van der Waals surface area contributed by atoms with Gasteiger partial charge in [-0.25, -0.2) is 0 Å². The van der Waals surface area contributed by atoms with Crippen LogP contribution < -0.4 is 4.74 Å². The van der Waals surface area contributed by atoms with Crippen LogP contribution in [0.4, 0.5) is 0 Å². The molecule has 1 aromatic rings. The maximum absolute atomic E-state index is 11.8. The number of benzene rings is 1. The van der Waals surface area contributed by atoms with Gasteiger partial charge in [0.25, 0.3) is 0 Å². The first-order valence-corrected chi connectivity index (χ1v) is 5.62. The Balaban J connectivity index is 2.23. The van der Waals surface area contributed by atoms with Crippen LogP contribution >= 0.6 is 0 Å². The quantitative estimate of drug-likeness (QED) is 0.744. The lowest BCUT2D eigenvalue weighted by molar-refractivity contribution is -0.166. The van der Waals surface area contributed by atoms with E-state index in [1.807, 2.05) is 31.2 Å². The normalized spacial score (nSPS) is 17.1. The predicted octanol–water partition coefficient (Wildman–Crippen LogP) is 1.53. The first kappa shape index (κ1) is 11.9. The van der Waals surface area contributed by atoms with Crippen LogP contribution in [0.2, 0.25) is 0 Å². The molecule has 0 aromatic heterocycles. The van der Waals surface area contributed by atoms with Crippen LogP contribution in [-0.2, 0) is 19.7 Å². The van der Waals surface area contributed by atoms with E-state index < -0.39 is 5.41 Å². The van der Waals surface area contributed by atoms with Crippen LogP contribution in [0.5, 0.6) is 5.75 Å². The molecule has 1 aliphatic heterocycles. The van der Waals surface area contributed by atoms with Gasteiger partial charge in [-0.3, -0.25) is 4.79 Å². The van der Waals surface area contributed by atoms with Crippen molar-refractivity contribution in [2.24, 2.45) is 0 Å². The second-order valence-corrected chi connectivity index (χ2v) is 4.02. The van der Waals surface area contributed by atoms with Gasteiger partial charge < -0.3 is 14.2 Å². The van der Waals surface area contributed by atoms with Crippen molar-refractivity contribution < 1.29 is 19.0 Å². The van der Waals surface area contributed by atoms with Gasteiger partial charge >= 0.3 is 5.97 Å². The SMILES string of the molecule is CCOc1ccc(C2(C(=O)OC)COC2)cc1. The maximum Gasteiger partial charge on any atom is 0.321 e. The molecule has 0 amide bonds. The van der Waals surface area contributed by atoms with Gasteiger partial charge in [-0.15, -0.1) is 0 Å². The minimum atomic E-state index is -0.626. The number of ether oxygens (including phenoxy) is 3. The summed E-state index contributed by atoms with van der Waals surface area (Å²) >= 11 is 0. The highest BCUT2D eigenvalue weighted by Gasteiger charge is 2.48. The average molecular weight is 236 g/mol. The fraction of sp³-hybridized carbons (Fsp3) is 0.462. The van der Waals surface area contributed by atoms with Gasteiger partial charge in [0.1, 0.15) is 11.2 Å². The Morgan fingerprint density at radius 3 is 2.41 bits per heavy atom. The fourth-order valence-corrected chi connectivity index (χ4v) is 1.94. The molecule has 0 radical (unpaired) electrons. The molecule has 92 valence electrons. The van der Waals surface area contributed by atoms with Gasteiger partial charge in [-0.05, 0) is 24.6 Å². The Labute approximate surface area is 100 Å². The lowest BCUT2D eigenvalue weighted by Crippen LogP contribution is -2.53. The summed E-state index contributed by atoms with van der Waals surface area (Å²) < 4.78 is 15.4. The summed E-state index contributed by atoms with van der Waals surface area (Å²) in [6.07, 6.45) is 0. The van der Waals surface area contributed by atoms with E-state index in [2.05, 4.69) is 0 Å². The molecule has 0 N–H and O–H groups in total. The molecule has 4 heteroatoms. The molecule has 0 spiro atoms. The summed E-state index contributed by atoms with van der Waals surface area (Å²) in [4.78, 5) is 11.8. The summed E-state index contributed by atoms with van der Waals surface area (Å²) in [5.74, 6) is 0.560. The zero-order valence-corrected chi connectivity index (χ0v) is 10.1. The van der Waals surface area contributed by atoms with Crippen LogP contribution in [0.1, 0.15) is 12.5 Å². The zero-order chi connectivity index (χ0) is 12.3. The lowest BCUT2D eigenvalue weighted by atomic mass is 9.78. The highest BCUT2D eigenvalue weighted by molar-refractivity contribution is 5.84. The number of hydrogen-bond acceptors (Lipinski definition) is 4. The number of carbonyl (C=O) groups is 1. The minimum absolute atomic E-state index is 0.243. The molecule has 1 saturated heterocycles. The second-order valence-electron chi connectivity index (χ2n) is 4.02. The van der Waals surface area contributed by atoms with E-state index in [4.69, 9.17) is 14.2 Å². The third-order valence-electron chi connectivity index (χ3n) is 2.99. The highest BCUT2D eigenvalue weighted by atomic mass is 16.5. The Hall–Kier alpha value is -1.55. The minimum Gasteiger partial charge on any atom is -0.494 e. The average Bonchev–Trinajstić information content (AvgIpc) is 2.30. The van der Waals surface area contributed by atoms with E-state index >= 15 is 0 Å². The standard InChI is InChI=1S/C13H16O4/c1-3-17-11-6-4-10(5-7-11)13(8-16-9-13)12(14)15-2/h4-7H,3,8-9H2,1-2H3. The van der Waals surface area contributed by atoms with E-state index in [1.54, 1.807) is 0 Å². The molecule has 0 unspecified atom stereocenters. The Morgan fingerprint density at radius 1 is 1.35 bits per heavy atom. The summed E-state index contributed by atoms with van der Waals surface area (Å²) in [6.45, 7) is 3.33. The number of hydrogen-bond donors (Lipinski definition) is 0. The number of esters is 1. The largest absolute Gasteiger partial charge is 0.494 e. The second kappa shape index (κ2) is 4.75. The van der Waals surface area contributed by atoms with Crippen molar-refractivity contribution in [1.82, 2.24) is 0 Å². The van der Waals surface area contributed by atoms with Gasteiger partial charge in [0.2, 0.25) is 0 Å². The molecule has 0 aliphatic carbocycles. The molecule has 0 atom stereocenters. The van der Waals surface area contributed by atoms with Crippen molar-refractivity contribution >= 4 is 5.97 Å².